The van der Waals surface area contributed by atoms with Gasteiger partial charge in [0.1, 0.15) is 15.5 Å². The van der Waals surface area contributed by atoms with E-state index in [4.69, 9.17) is 16.5 Å². The summed E-state index contributed by atoms with van der Waals surface area (Å²) in [5.74, 6) is 0.0964. The van der Waals surface area contributed by atoms with Crippen LogP contribution in [0.5, 0.6) is 0 Å². The number of nitrogens with one attached hydrogen (secondary N) is 2. The number of aliphatic hydroxyl groups excluding tert-OH is 2. The van der Waals surface area contributed by atoms with Crippen molar-refractivity contribution in [3.8, 4) is 0 Å². The Morgan fingerprint density at radius 3 is 2.43 bits per heavy atom. The number of fused-ring (bicyclic) bond motifs is 1. The Labute approximate surface area is 274 Å². The normalized spacial score (nSPS) is 14.9. The zero-order valence-electron chi connectivity index (χ0n) is 25.5. The van der Waals surface area contributed by atoms with Gasteiger partial charge >= 0.3 is 0 Å². The monoisotopic (exact) mass is 646 g/mol. The fourth-order valence-corrected chi connectivity index (χ4v) is 6.88. The molecule has 246 valence electrons. The van der Waals surface area contributed by atoms with Crippen molar-refractivity contribution in [3.05, 3.63) is 87.8 Å². The van der Waals surface area contributed by atoms with Gasteiger partial charge in [0.15, 0.2) is 0 Å². The lowest BCUT2D eigenvalue weighted by molar-refractivity contribution is 0.0915. The topological polar surface area (TPSA) is 167 Å². The quantitative estimate of drug-likeness (QED) is 0.126. The first kappa shape index (κ1) is 34.8. The van der Waals surface area contributed by atoms with Crippen molar-refractivity contribution in [3.63, 3.8) is 0 Å². The third-order valence-electron chi connectivity index (χ3n) is 8.37. The molecule has 0 bridgehead atoms. The lowest BCUT2D eigenvalue weighted by Gasteiger charge is -2.34. The highest BCUT2D eigenvalue weighted by Gasteiger charge is 2.24. The van der Waals surface area contributed by atoms with Gasteiger partial charge in [-0.1, -0.05) is 63.2 Å². The van der Waals surface area contributed by atoms with Crippen molar-refractivity contribution < 1.29 is 19.8 Å². The molecule has 0 aliphatic carbocycles. The fourth-order valence-electron chi connectivity index (χ4n) is 5.89. The number of pyridine rings is 1. The van der Waals surface area contributed by atoms with E-state index in [1.165, 1.54) is 11.3 Å². The molecular weight excluding hydrogens is 600 g/mol. The molecule has 8 N–H and O–H groups in total. The zero-order chi connectivity index (χ0) is 31.9. The lowest BCUT2D eigenvalue weighted by Crippen LogP contribution is -2.44. The van der Waals surface area contributed by atoms with Gasteiger partial charge in [0, 0.05) is 36.6 Å². The van der Waals surface area contributed by atoms with Gasteiger partial charge in [-0.3, -0.25) is 9.59 Å². The second-order valence-electron chi connectivity index (χ2n) is 11.6. The van der Waals surface area contributed by atoms with E-state index in [0.717, 1.165) is 71.5 Å². The average molecular weight is 647 g/mol. The van der Waals surface area contributed by atoms with Crippen LogP contribution in [0.4, 0.5) is 11.5 Å². The molecule has 1 saturated heterocycles. The molecule has 2 amide bonds. The number of anilines is 2. The Balaban J connectivity index is 0.00000480. The van der Waals surface area contributed by atoms with Gasteiger partial charge < -0.3 is 37.2 Å². The summed E-state index contributed by atoms with van der Waals surface area (Å²) in [6, 6.07) is 18.6. The number of nitrogens with zero attached hydrogens (tertiary/aromatic N) is 2. The minimum atomic E-state index is -0.715. The summed E-state index contributed by atoms with van der Waals surface area (Å²) < 4.78 is 0. The summed E-state index contributed by atoms with van der Waals surface area (Å²) in [5.41, 5.74) is 15.6. The van der Waals surface area contributed by atoms with Crippen LogP contribution >= 0.6 is 11.3 Å². The predicted octanol–water partition coefficient (Wildman–Crippen LogP) is 4.19. The zero-order valence-corrected chi connectivity index (χ0v) is 26.4. The Hall–Kier alpha value is -4.03. The average Bonchev–Trinajstić information content (AvgIpc) is 3.40. The van der Waals surface area contributed by atoms with Gasteiger partial charge in [-0.05, 0) is 60.6 Å². The summed E-state index contributed by atoms with van der Waals surface area (Å²) in [7, 11) is 0. The second-order valence-corrected chi connectivity index (χ2v) is 12.6. The standard InChI is InChI=1S/C34H42N6O4S.CH4/c1-2-6-24-18-28(39-34-29(24)30(35)31(45-34)32(36)43)40-15-13-25(14-16-40)37-19-27(42)22-9-11-23(12-10-22)33(44)38-26(20-41)17-21-7-4-3-5-8-21;/h3-5,7-12,18,25-27,37,41-42H,2,6,13-17,19-20,35H2,1H3,(H2,36,43)(H,38,44);1H4/t26-,27?;/m0./s1. The number of thiophene rings is 1. The highest BCUT2D eigenvalue weighted by atomic mass is 32.1. The van der Waals surface area contributed by atoms with Gasteiger partial charge in [-0.15, -0.1) is 11.3 Å². The van der Waals surface area contributed by atoms with E-state index in [1.807, 2.05) is 30.3 Å². The van der Waals surface area contributed by atoms with E-state index in [9.17, 15) is 19.8 Å². The number of piperidine rings is 1. The van der Waals surface area contributed by atoms with Crippen molar-refractivity contribution in [1.29, 1.82) is 0 Å². The van der Waals surface area contributed by atoms with Gasteiger partial charge in [0.2, 0.25) is 0 Å². The number of aromatic nitrogens is 1. The maximum atomic E-state index is 12.8. The Morgan fingerprint density at radius 2 is 1.80 bits per heavy atom. The van der Waals surface area contributed by atoms with Crippen LogP contribution in [0.25, 0.3) is 10.2 Å². The molecule has 5 rings (SSSR count). The van der Waals surface area contributed by atoms with E-state index in [-0.39, 0.29) is 32.0 Å². The number of carbonyl (C=O) groups is 2. The summed E-state index contributed by atoms with van der Waals surface area (Å²) >= 11 is 1.26. The van der Waals surface area contributed by atoms with Crippen molar-refractivity contribution in [2.75, 3.05) is 36.9 Å². The van der Waals surface area contributed by atoms with Crippen LogP contribution in [0.2, 0.25) is 0 Å². The number of rotatable bonds is 13. The van der Waals surface area contributed by atoms with Crippen molar-refractivity contribution in [1.82, 2.24) is 15.6 Å². The highest BCUT2D eigenvalue weighted by molar-refractivity contribution is 7.21. The molecule has 3 heterocycles. The fraction of sp³-hybridized carbons (Fsp3) is 0.400. The molecule has 2 aromatic carbocycles. The maximum Gasteiger partial charge on any atom is 0.260 e. The van der Waals surface area contributed by atoms with E-state index in [1.54, 1.807) is 24.3 Å². The van der Waals surface area contributed by atoms with E-state index < -0.39 is 12.0 Å². The van der Waals surface area contributed by atoms with Crippen LogP contribution < -0.4 is 27.0 Å². The Kier molecular flexibility index (Phi) is 12.1. The van der Waals surface area contributed by atoms with E-state index in [2.05, 4.69) is 28.5 Å². The van der Waals surface area contributed by atoms with E-state index >= 15 is 0 Å². The molecule has 11 heteroatoms. The number of primary amides is 1. The van der Waals surface area contributed by atoms with Crippen LogP contribution in [0.15, 0.2) is 60.7 Å². The molecule has 1 unspecified atom stereocenters. The number of carbonyl (C=O) groups excluding carboxylic acids is 2. The first-order valence-electron chi connectivity index (χ1n) is 15.5. The molecule has 1 fully saturated rings. The number of hydrogen-bond donors (Lipinski definition) is 6. The Bertz CT molecular complexity index is 1600. The third-order valence-corrected chi connectivity index (χ3v) is 9.48. The van der Waals surface area contributed by atoms with Gasteiger partial charge in [0.05, 0.1) is 24.4 Å². The molecule has 10 nitrogen and oxygen atoms in total. The minimum absolute atomic E-state index is 0. The third kappa shape index (κ3) is 8.21. The van der Waals surface area contributed by atoms with Crippen molar-refractivity contribution >= 4 is 44.9 Å². The van der Waals surface area contributed by atoms with Gasteiger partial charge in [-0.2, -0.15) is 0 Å². The molecular formula is C35H46N6O4S. The molecule has 2 atom stereocenters. The molecule has 0 saturated carbocycles. The molecule has 0 spiro atoms. The second kappa shape index (κ2) is 16.0. The smallest absolute Gasteiger partial charge is 0.260 e. The van der Waals surface area contributed by atoms with Gasteiger partial charge in [-0.25, -0.2) is 4.98 Å². The van der Waals surface area contributed by atoms with Gasteiger partial charge in [0.25, 0.3) is 11.8 Å². The number of aryl methyl sites for hydroxylation is 1. The number of hydrogen-bond acceptors (Lipinski definition) is 9. The predicted molar refractivity (Wildman–Crippen MR) is 186 cm³/mol. The molecule has 2 aromatic heterocycles. The molecule has 1 aliphatic rings. The number of nitrogens with two attached hydrogens (primary N) is 2. The SMILES string of the molecule is C.CCCc1cc(N2CCC(NCC(O)c3ccc(C(=O)N[C@H](CO)Cc4ccccc4)cc3)CC2)nc2sc(C(N)=O)c(N)c12. The van der Waals surface area contributed by atoms with Crippen molar-refractivity contribution in [2.24, 2.45) is 5.73 Å². The van der Waals surface area contributed by atoms with Crippen LogP contribution in [0, 0.1) is 0 Å². The molecule has 1 aliphatic heterocycles. The first-order chi connectivity index (χ1) is 21.8. The maximum absolute atomic E-state index is 12.8. The summed E-state index contributed by atoms with van der Waals surface area (Å²) in [5, 5.41) is 27.8. The summed E-state index contributed by atoms with van der Waals surface area (Å²) in [6.07, 6.45) is 3.39. The summed E-state index contributed by atoms with van der Waals surface area (Å²) in [4.78, 5) is 32.9. The molecule has 0 radical (unpaired) electrons. The van der Waals surface area contributed by atoms with Crippen LogP contribution in [-0.4, -0.2) is 65.3 Å². The van der Waals surface area contributed by atoms with Crippen molar-refractivity contribution in [2.45, 2.75) is 64.6 Å². The van der Waals surface area contributed by atoms with Crippen LogP contribution in [-0.2, 0) is 12.8 Å². The molecule has 4 aromatic rings. The minimum Gasteiger partial charge on any atom is -0.397 e. The summed E-state index contributed by atoms with van der Waals surface area (Å²) in [6.45, 7) is 3.97. The van der Waals surface area contributed by atoms with E-state index in [0.29, 0.717) is 29.1 Å². The van der Waals surface area contributed by atoms with Crippen LogP contribution in [0.3, 0.4) is 0 Å². The highest BCUT2D eigenvalue weighted by Crippen LogP contribution is 2.37. The molecule has 46 heavy (non-hydrogen) atoms. The lowest BCUT2D eigenvalue weighted by atomic mass is 10.0. The number of aliphatic hydroxyl groups is 2. The number of benzene rings is 2. The Morgan fingerprint density at radius 1 is 1.11 bits per heavy atom. The number of nitrogen functional groups attached to an aromatic ring is 1. The number of amides is 2. The van der Waals surface area contributed by atoms with Crippen LogP contribution in [0.1, 0.15) is 76.4 Å². The first-order valence-corrected chi connectivity index (χ1v) is 16.3. The largest absolute Gasteiger partial charge is 0.397 e.